The topological polar surface area (TPSA) is 105 Å². The molecule has 1 aliphatic carbocycles. The van der Waals surface area contributed by atoms with Crippen molar-refractivity contribution < 1.29 is 27.5 Å². The van der Waals surface area contributed by atoms with Crippen LogP contribution in [0.2, 0.25) is 0 Å². The summed E-state index contributed by atoms with van der Waals surface area (Å²) in [6, 6.07) is 14.4. The molecule has 0 aromatic heterocycles. The summed E-state index contributed by atoms with van der Waals surface area (Å²) < 4.78 is 37.1. The Kier molecular flexibility index (Phi) is 9.14. The summed E-state index contributed by atoms with van der Waals surface area (Å²) in [6.45, 7) is 2.39. The fourth-order valence-electron chi connectivity index (χ4n) is 5.01. The monoisotopic (exact) mass is 543 g/mol. The smallest absolute Gasteiger partial charge is 0.242 e. The van der Waals surface area contributed by atoms with Gasteiger partial charge in [0, 0.05) is 31.6 Å². The van der Waals surface area contributed by atoms with Gasteiger partial charge in [0.1, 0.15) is 6.04 Å². The molecule has 1 heterocycles. The number of hydrogen-bond donors (Lipinski definition) is 1. The predicted molar refractivity (Wildman–Crippen MR) is 146 cm³/mol. The third kappa shape index (κ3) is 7.18. The van der Waals surface area contributed by atoms with Gasteiger partial charge in [-0.05, 0) is 50.3 Å². The van der Waals surface area contributed by atoms with Gasteiger partial charge in [0.25, 0.3) is 0 Å². The van der Waals surface area contributed by atoms with E-state index in [1.165, 1.54) is 4.31 Å². The molecule has 0 radical (unpaired) electrons. The van der Waals surface area contributed by atoms with Crippen LogP contribution >= 0.6 is 0 Å². The lowest BCUT2D eigenvalue weighted by Crippen LogP contribution is -2.50. The second-order valence-corrected chi connectivity index (χ2v) is 11.9. The van der Waals surface area contributed by atoms with E-state index >= 15 is 0 Å². The highest BCUT2D eigenvalue weighted by atomic mass is 32.2. The SMILES string of the molecule is C[C@H](C(=O)NC1CCCC1)N(CCc1ccccc1)C(=O)CCCN(c1ccc2c(c1)OCO2)S(C)(=O)=O. The first-order valence-electron chi connectivity index (χ1n) is 13.2. The maximum atomic E-state index is 13.4. The number of carbonyl (C=O) groups excluding carboxylic acids is 2. The average Bonchev–Trinajstić information content (AvgIpc) is 3.58. The zero-order chi connectivity index (χ0) is 27.1. The van der Waals surface area contributed by atoms with E-state index < -0.39 is 16.1 Å². The Morgan fingerprint density at radius 3 is 2.45 bits per heavy atom. The minimum atomic E-state index is -3.60. The molecule has 9 nitrogen and oxygen atoms in total. The molecule has 0 unspecified atom stereocenters. The molecule has 1 N–H and O–H groups in total. The molecular weight excluding hydrogens is 506 g/mol. The second kappa shape index (κ2) is 12.5. The molecule has 2 aromatic rings. The van der Waals surface area contributed by atoms with Gasteiger partial charge in [-0.1, -0.05) is 43.2 Å². The molecule has 0 bridgehead atoms. The van der Waals surface area contributed by atoms with E-state index in [1.807, 2.05) is 30.3 Å². The fraction of sp³-hybridized carbons (Fsp3) is 0.500. The molecule has 1 aliphatic heterocycles. The number of nitrogens with one attached hydrogen (secondary N) is 1. The maximum absolute atomic E-state index is 13.4. The Hall–Kier alpha value is -3.27. The lowest BCUT2D eigenvalue weighted by atomic mass is 10.1. The van der Waals surface area contributed by atoms with Crippen LogP contribution in [0.3, 0.4) is 0 Å². The van der Waals surface area contributed by atoms with Crippen molar-refractivity contribution in [1.82, 2.24) is 10.2 Å². The molecule has 4 rings (SSSR count). The Morgan fingerprint density at radius 2 is 1.74 bits per heavy atom. The minimum absolute atomic E-state index is 0.0947. The molecule has 38 heavy (non-hydrogen) atoms. The van der Waals surface area contributed by atoms with E-state index in [-0.39, 0.29) is 37.6 Å². The number of ether oxygens (including phenoxy) is 2. The first-order chi connectivity index (χ1) is 18.2. The van der Waals surface area contributed by atoms with Crippen LogP contribution in [0.5, 0.6) is 11.5 Å². The zero-order valence-electron chi connectivity index (χ0n) is 22.1. The van der Waals surface area contributed by atoms with Crippen LogP contribution in [0.15, 0.2) is 48.5 Å². The first kappa shape index (κ1) is 27.8. The van der Waals surface area contributed by atoms with Crippen molar-refractivity contribution in [1.29, 1.82) is 0 Å². The molecule has 2 aliphatic rings. The normalized spacial score (nSPS) is 15.7. The number of carbonyl (C=O) groups is 2. The summed E-state index contributed by atoms with van der Waals surface area (Å²) in [5.41, 5.74) is 1.54. The lowest BCUT2D eigenvalue weighted by Gasteiger charge is -2.30. The van der Waals surface area contributed by atoms with Gasteiger partial charge in [0.15, 0.2) is 11.5 Å². The van der Waals surface area contributed by atoms with Crippen molar-refractivity contribution in [3.8, 4) is 11.5 Å². The average molecular weight is 544 g/mol. The quantitative estimate of drug-likeness (QED) is 0.440. The number of nitrogens with zero attached hydrogens (tertiary/aromatic N) is 2. The van der Waals surface area contributed by atoms with Crippen LogP contribution in [0.4, 0.5) is 5.69 Å². The van der Waals surface area contributed by atoms with Crippen molar-refractivity contribution in [2.75, 3.05) is 30.4 Å². The molecule has 0 spiro atoms. The zero-order valence-corrected chi connectivity index (χ0v) is 22.9. The maximum Gasteiger partial charge on any atom is 0.242 e. The van der Waals surface area contributed by atoms with E-state index in [9.17, 15) is 18.0 Å². The van der Waals surface area contributed by atoms with Gasteiger partial charge in [-0.3, -0.25) is 13.9 Å². The fourth-order valence-corrected chi connectivity index (χ4v) is 5.96. The van der Waals surface area contributed by atoms with Crippen LogP contribution in [0.1, 0.15) is 51.0 Å². The van der Waals surface area contributed by atoms with Gasteiger partial charge in [0.2, 0.25) is 28.6 Å². The van der Waals surface area contributed by atoms with E-state index in [1.54, 1.807) is 30.0 Å². The Balaban J connectivity index is 1.41. The predicted octanol–water partition coefficient (Wildman–Crippen LogP) is 3.48. The molecular formula is C28H37N3O6S. The molecule has 0 saturated heterocycles. The molecule has 10 heteroatoms. The summed E-state index contributed by atoms with van der Waals surface area (Å²) in [5.74, 6) is 0.739. The number of sulfonamides is 1. The van der Waals surface area contributed by atoms with Gasteiger partial charge < -0.3 is 19.7 Å². The standard InChI is InChI=1S/C28H37N3O6S/c1-21(28(33)29-23-11-6-7-12-23)30(18-16-22-9-4-3-5-10-22)27(32)13-8-17-31(38(2,34)35)24-14-15-25-26(19-24)37-20-36-25/h3-5,9-10,14-15,19,21,23H,6-8,11-13,16-18,20H2,1-2H3,(H,29,33)/t21-/m1/s1. The largest absolute Gasteiger partial charge is 0.454 e. The van der Waals surface area contributed by atoms with E-state index in [4.69, 9.17) is 9.47 Å². The van der Waals surface area contributed by atoms with E-state index in [0.717, 1.165) is 37.5 Å². The summed E-state index contributed by atoms with van der Waals surface area (Å²) in [4.78, 5) is 28.1. The van der Waals surface area contributed by atoms with Gasteiger partial charge >= 0.3 is 0 Å². The number of rotatable bonds is 12. The van der Waals surface area contributed by atoms with Crippen LogP contribution in [0, 0.1) is 0 Å². The number of benzene rings is 2. The van der Waals surface area contributed by atoms with Crippen LogP contribution in [0.25, 0.3) is 0 Å². The van der Waals surface area contributed by atoms with Crippen LogP contribution < -0.4 is 19.1 Å². The molecule has 1 fully saturated rings. The Labute approximate surface area is 225 Å². The lowest BCUT2D eigenvalue weighted by molar-refractivity contribution is -0.140. The Morgan fingerprint density at radius 1 is 1.03 bits per heavy atom. The van der Waals surface area contributed by atoms with Crippen molar-refractivity contribution in [3.63, 3.8) is 0 Å². The number of amides is 2. The minimum Gasteiger partial charge on any atom is -0.454 e. The number of hydrogen-bond acceptors (Lipinski definition) is 6. The van der Waals surface area contributed by atoms with Gasteiger partial charge in [0.05, 0.1) is 11.9 Å². The molecule has 1 saturated carbocycles. The van der Waals surface area contributed by atoms with Gasteiger partial charge in [-0.15, -0.1) is 0 Å². The van der Waals surface area contributed by atoms with Crippen LogP contribution in [-0.2, 0) is 26.0 Å². The van der Waals surface area contributed by atoms with Crippen LogP contribution in [-0.4, -0.2) is 63.4 Å². The molecule has 2 aromatic carbocycles. The van der Waals surface area contributed by atoms with Crippen molar-refractivity contribution in [3.05, 3.63) is 54.1 Å². The second-order valence-electron chi connectivity index (χ2n) is 9.96. The number of fused-ring (bicyclic) bond motifs is 1. The first-order valence-corrected chi connectivity index (χ1v) is 15.1. The molecule has 1 atom stereocenters. The molecule has 2 amide bonds. The molecule has 206 valence electrons. The third-order valence-electron chi connectivity index (χ3n) is 7.15. The van der Waals surface area contributed by atoms with E-state index in [0.29, 0.717) is 36.6 Å². The summed E-state index contributed by atoms with van der Waals surface area (Å²) in [6.07, 6.45) is 6.34. The van der Waals surface area contributed by atoms with E-state index in [2.05, 4.69) is 5.32 Å². The van der Waals surface area contributed by atoms with Crippen molar-refractivity contribution in [2.45, 2.75) is 64.0 Å². The van der Waals surface area contributed by atoms with Crippen molar-refractivity contribution in [2.24, 2.45) is 0 Å². The highest BCUT2D eigenvalue weighted by molar-refractivity contribution is 7.92. The van der Waals surface area contributed by atoms with Gasteiger partial charge in [-0.25, -0.2) is 8.42 Å². The Bertz CT molecular complexity index is 1210. The summed E-state index contributed by atoms with van der Waals surface area (Å²) >= 11 is 0. The highest BCUT2D eigenvalue weighted by Gasteiger charge is 2.28. The third-order valence-corrected chi connectivity index (χ3v) is 8.34. The summed E-state index contributed by atoms with van der Waals surface area (Å²) in [5, 5.41) is 3.11. The summed E-state index contributed by atoms with van der Waals surface area (Å²) in [7, 11) is -3.60. The number of anilines is 1. The van der Waals surface area contributed by atoms with Crippen molar-refractivity contribution >= 4 is 27.5 Å². The highest BCUT2D eigenvalue weighted by Crippen LogP contribution is 2.36. The van der Waals surface area contributed by atoms with Gasteiger partial charge in [-0.2, -0.15) is 0 Å².